The Balaban J connectivity index is 2.24. The number of anilines is 2. The van der Waals surface area contributed by atoms with Gasteiger partial charge in [0.2, 0.25) is 9.84 Å². The zero-order valence-electron chi connectivity index (χ0n) is 11.8. The average Bonchev–Trinajstić information content (AvgIpc) is 2.37. The van der Waals surface area contributed by atoms with E-state index < -0.39 is 9.84 Å². The molecule has 2 aromatic rings. The predicted octanol–water partition coefficient (Wildman–Crippen LogP) is 3.87. The van der Waals surface area contributed by atoms with E-state index in [9.17, 15) is 8.42 Å². The van der Waals surface area contributed by atoms with Crippen molar-refractivity contribution in [3.8, 4) is 0 Å². The van der Waals surface area contributed by atoms with Crippen LogP contribution in [-0.2, 0) is 15.3 Å². The van der Waals surface area contributed by atoms with Crippen LogP contribution in [-0.4, -0.2) is 8.42 Å². The van der Waals surface area contributed by atoms with Gasteiger partial charge in [-0.1, -0.05) is 39.0 Å². The third kappa shape index (κ3) is 1.91. The fraction of sp³-hybridized carbons (Fsp3) is 0.250. The van der Waals surface area contributed by atoms with Crippen LogP contribution in [0, 0.1) is 0 Å². The Morgan fingerprint density at radius 3 is 2.25 bits per heavy atom. The third-order valence-corrected chi connectivity index (χ3v) is 5.45. The maximum atomic E-state index is 12.6. The number of rotatable bonds is 0. The predicted molar refractivity (Wildman–Crippen MR) is 80.3 cm³/mol. The van der Waals surface area contributed by atoms with Crippen molar-refractivity contribution in [2.75, 3.05) is 5.32 Å². The van der Waals surface area contributed by atoms with Gasteiger partial charge in [0, 0.05) is 0 Å². The number of nitrogens with one attached hydrogen (secondary N) is 1. The topological polar surface area (TPSA) is 46.2 Å². The average molecular weight is 287 g/mol. The van der Waals surface area contributed by atoms with E-state index >= 15 is 0 Å². The summed E-state index contributed by atoms with van der Waals surface area (Å²) in [6.07, 6.45) is 0. The lowest BCUT2D eigenvalue weighted by Gasteiger charge is -2.25. The number of fused-ring (bicyclic) bond motifs is 2. The largest absolute Gasteiger partial charge is 0.353 e. The Kier molecular flexibility index (Phi) is 2.70. The monoisotopic (exact) mass is 287 g/mol. The zero-order chi connectivity index (χ0) is 14.5. The van der Waals surface area contributed by atoms with Crippen LogP contribution in [0.2, 0.25) is 0 Å². The number of hydrogen-bond donors (Lipinski definition) is 1. The molecule has 1 N–H and O–H groups in total. The van der Waals surface area contributed by atoms with Gasteiger partial charge in [0.25, 0.3) is 0 Å². The lowest BCUT2D eigenvalue weighted by Crippen LogP contribution is -2.16. The molecule has 3 nitrogen and oxygen atoms in total. The van der Waals surface area contributed by atoms with Crippen LogP contribution < -0.4 is 5.32 Å². The molecule has 0 aromatic heterocycles. The Labute approximate surface area is 119 Å². The Hall–Kier alpha value is -1.81. The fourth-order valence-electron chi connectivity index (χ4n) is 2.40. The summed E-state index contributed by atoms with van der Waals surface area (Å²) in [7, 11) is -3.43. The van der Waals surface area contributed by atoms with Gasteiger partial charge in [0.05, 0.1) is 21.2 Å². The first-order valence-corrected chi connectivity index (χ1v) is 8.04. The summed E-state index contributed by atoms with van der Waals surface area (Å²) in [5.74, 6) is 0. The van der Waals surface area contributed by atoms with Gasteiger partial charge in [-0.2, -0.15) is 0 Å². The van der Waals surface area contributed by atoms with Gasteiger partial charge in [-0.15, -0.1) is 0 Å². The quantitative estimate of drug-likeness (QED) is 0.682. The molecule has 104 valence electrons. The minimum Gasteiger partial charge on any atom is -0.353 e. The van der Waals surface area contributed by atoms with Crippen LogP contribution in [0.25, 0.3) is 0 Å². The summed E-state index contributed by atoms with van der Waals surface area (Å²) in [6, 6.07) is 12.5. The summed E-state index contributed by atoms with van der Waals surface area (Å²) in [4.78, 5) is 0.695. The number of sulfone groups is 1. The molecule has 0 amide bonds. The van der Waals surface area contributed by atoms with E-state index in [2.05, 4.69) is 26.1 Å². The van der Waals surface area contributed by atoms with E-state index in [1.165, 1.54) is 0 Å². The molecule has 4 heteroatoms. The van der Waals surface area contributed by atoms with Gasteiger partial charge in [0.1, 0.15) is 0 Å². The van der Waals surface area contributed by atoms with Crippen LogP contribution in [0.3, 0.4) is 0 Å². The highest BCUT2D eigenvalue weighted by Gasteiger charge is 2.30. The first kappa shape index (κ1) is 13.2. The molecule has 2 aromatic carbocycles. The molecule has 20 heavy (non-hydrogen) atoms. The summed E-state index contributed by atoms with van der Waals surface area (Å²) < 4.78 is 25.2. The minimum absolute atomic E-state index is 0.0164. The highest BCUT2D eigenvalue weighted by molar-refractivity contribution is 7.92. The van der Waals surface area contributed by atoms with Gasteiger partial charge < -0.3 is 5.32 Å². The molecule has 1 aliphatic rings. The molecule has 0 fully saturated rings. The van der Waals surface area contributed by atoms with E-state index in [0.29, 0.717) is 21.2 Å². The molecular weight excluding hydrogens is 270 g/mol. The van der Waals surface area contributed by atoms with Crippen molar-refractivity contribution in [1.29, 1.82) is 0 Å². The molecule has 0 saturated carbocycles. The normalized spacial score (nSPS) is 15.9. The molecule has 1 aliphatic heterocycles. The SMILES string of the molecule is CC(C)(C)c1ccc2c(c1)Nc1ccccc1S2(=O)=O. The van der Waals surface area contributed by atoms with Crippen molar-refractivity contribution >= 4 is 21.2 Å². The number of benzene rings is 2. The van der Waals surface area contributed by atoms with Gasteiger partial charge in [-0.25, -0.2) is 8.42 Å². The molecule has 0 spiro atoms. The second-order valence-corrected chi connectivity index (χ2v) is 7.97. The van der Waals surface area contributed by atoms with Crippen LogP contribution in [0.5, 0.6) is 0 Å². The molecule has 0 unspecified atom stereocenters. The van der Waals surface area contributed by atoms with E-state index in [-0.39, 0.29) is 5.41 Å². The maximum Gasteiger partial charge on any atom is 0.210 e. The van der Waals surface area contributed by atoms with Gasteiger partial charge in [-0.05, 0) is 35.2 Å². The molecule has 0 bridgehead atoms. The van der Waals surface area contributed by atoms with Crippen LogP contribution in [0.1, 0.15) is 26.3 Å². The van der Waals surface area contributed by atoms with E-state index in [4.69, 9.17) is 0 Å². The summed E-state index contributed by atoms with van der Waals surface area (Å²) >= 11 is 0. The standard InChI is InChI=1S/C16H17NO2S/c1-16(2,3)11-8-9-15-13(10-11)17-12-6-4-5-7-14(12)20(15,18)19/h4-10,17H,1-3H3. The van der Waals surface area contributed by atoms with Gasteiger partial charge >= 0.3 is 0 Å². The van der Waals surface area contributed by atoms with Crippen molar-refractivity contribution in [3.05, 3.63) is 48.0 Å². The lowest BCUT2D eigenvalue weighted by atomic mass is 9.87. The molecule has 0 aliphatic carbocycles. The van der Waals surface area contributed by atoms with Crippen molar-refractivity contribution in [1.82, 2.24) is 0 Å². The number of para-hydroxylation sites is 1. The van der Waals surface area contributed by atoms with Crippen LogP contribution in [0.15, 0.2) is 52.3 Å². The smallest absolute Gasteiger partial charge is 0.210 e. The minimum atomic E-state index is -3.43. The molecule has 1 heterocycles. The molecule has 0 saturated heterocycles. The van der Waals surface area contributed by atoms with Crippen molar-refractivity contribution in [2.45, 2.75) is 36.0 Å². The van der Waals surface area contributed by atoms with E-state index in [1.54, 1.807) is 24.3 Å². The fourth-order valence-corrected chi connectivity index (χ4v) is 3.95. The first-order chi connectivity index (χ1) is 9.30. The summed E-state index contributed by atoms with van der Waals surface area (Å²) in [5.41, 5.74) is 2.40. The Morgan fingerprint density at radius 2 is 1.55 bits per heavy atom. The highest BCUT2D eigenvalue weighted by Crippen LogP contribution is 2.40. The highest BCUT2D eigenvalue weighted by atomic mass is 32.2. The van der Waals surface area contributed by atoms with Crippen molar-refractivity contribution < 1.29 is 8.42 Å². The van der Waals surface area contributed by atoms with E-state index in [0.717, 1.165) is 5.56 Å². The number of hydrogen-bond acceptors (Lipinski definition) is 3. The second kappa shape index (κ2) is 4.09. The summed E-state index contributed by atoms with van der Waals surface area (Å²) in [6.45, 7) is 6.33. The Bertz CT molecular complexity index is 786. The van der Waals surface area contributed by atoms with E-state index in [1.807, 2.05) is 18.2 Å². The van der Waals surface area contributed by atoms with Gasteiger partial charge in [-0.3, -0.25) is 0 Å². The third-order valence-electron chi connectivity index (χ3n) is 3.58. The summed E-state index contributed by atoms with van der Waals surface area (Å²) in [5, 5.41) is 3.23. The van der Waals surface area contributed by atoms with Crippen LogP contribution in [0.4, 0.5) is 11.4 Å². The molecule has 0 radical (unpaired) electrons. The van der Waals surface area contributed by atoms with Gasteiger partial charge in [0.15, 0.2) is 0 Å². The molecule has 3 rings (SSSR count). The van der Waals surface area contributed by atoms with Crippen molar-refractivity contribution in [3.63, 3.8) is 0 Å². The molecule has 0 atom stereocenters. The zero-order valence-corrected chi connectivity index (χ0v) is 12.6. The Morgan fingerprint density at radius 1 is 0.900 bits per heavy atom. The first-order valence-electron chi connectivity index (χ1n) is 6.56. The lowest BCUT2D eigenvalue weighted by molar-refractivity contribution is 0.586. The van der Waals surface area contributed by atoms with Crippen molar-refractivity contribution in [2.24, 2.45) is 0 Å². The maximum absolute atomic E-state index is 12.6. The second-order valence-electron chi connectivity index (χ2n) is 6.09. The van der Waals surface area contributed by atoms with Crippen LogP contribution >= 0.6 is 0 Å². The molecular formula is C16H17NO2S.